The Hall–Kier alpha value is -3.07. The predicted octanol–water partition coefficient (Wildman–Crippen LogP) is 7.13. The molecule has 3 heteroatoms. The van der Waals surface area contributed by atoms with Crippen LogP contribution in [-0.2, 0) is 6.42 Å². The quantitative estimate of drug-likeness (QED) is 0.338. The highest BCUT2D eigenvalue weighted by Gasteiger charge is 2.11. The fourth-order valence-corrected chi connectivity index (χ4v) is 3.63. The molecule has 0 aromatic heterocycles. The second-order valence-corrected chi connectivity index (χ2v) is 8.09. The highest BCUT2D eigenvalue weighted by atomic mass is 16.5. The van der Waals surface area contributed by atoms with Gasteiger partial charge in [0.05, 0.1) is 6.61 Å². The van der Waals surface area contributed by atoms with Crippen molar-refractivity contribution < 1.29 is 9.53 Å². The van der Waals surface area contributed by atoms with Gasteiger partial charge in [0.15, 0.2) is 0 Å². The van der Waals surface area contributed by atoms with Gasteiger partial charge in [-0.1, -0.05) is 61.7 Å². The van der Waals surface area contributed by atoms with Gasteiger partial charge in [0.2, 0.25) is 0 Å². The zero-order chi connectivity index (χ0) is 21.9. The van der Waals surface area contributed by atoms with E-state index >= 15 is 0 Å². The summed E-state index contributed by atoms with van der Waals surface area (Å²) in [5.41, 5.74) is 5.15. The third-order valence-corrected chi connectivity index (χ3v) is 5.63. The minimum absolute atomic E-state index is 0.0306. The van der Waals surface area contributed by atoms with Crippen LogP contribution in [0.3, 0.4) is 0 Å². The maximum absolute atomic E-state index is 12.8. The molecule has 31 heavy (non-hydrogen) atoms. The molecule has 0 bridgehead atoms. The number of hydrogen-bond donors (Lipinski definition) is 1. The summed E-state index contributed by atoms with van der Waals surface area (Å²) in [6.45, 7) is 4.91. The first-order chi connectivity index (χ1) is 15.1. The molecule has 0 unspecified atom stereocenters. The summed E-state index contributed by atoms with van der Waals surface area (Å²) in [5, 5.41) is 3.05. The summed E-state index contributed by atoms with van der Waals surface area (Å²) in [5.74, 6) is 0.912. The smallest absolute Gasteiger partial charge is 0.255 e. The summed E-state index contributed by atoms with van der Waals surface area (Å²) >= 11 is 0. The van der Waals surface area contributed by atoms with Crippen LogP contribution in [0, 0.1) is 13.8 Å². The third-order valence-electron chi connectivity index (χ3n) is 5.63. The van der Waals surface area contributed by atoms with Crippen LogP contribution in [0.2, 0.25) is 0 Å². The lowest BCUT2D eigenvalue weighted by Crippen LogP contribution is -2.14. The molecule has 0 fully saturated rings. The molecule has 0 atom stereocenters. The minimum atomic E-state index is -0.0306. The van der Waals surface area contributed by atoms with E-state index in [0.717, 1.165) is 48.4 Å². The molecule has 162 valence electrons. The number of unbranched alkanes of at least 4 members (excludes halogenated alkanes) is 4. The number of para-hydroxylation sites is 1. The molecule has 0 spiro atoms. The Bertz CT molecular complexity index is 966. The van der Waals surface area contributed by atoms with Crippen molar-refractivity contribution in [1.29, 1.82) is 0 Å². The topological polar surface area (TPSA) is 38.3 Å². The molecule has 0 aliphatic rings. The van der Waals surface area contributed by atoms with Gasteiger partial charge in [0.1, 0.15) is 5.75 Å². The molecule has 0 saturated heterocycles. The molecular weight excluding hydrogens is 382 g/mol. The summed E-state index contributed by atoms with van der Waals surface area (Å²) in [7, 11) is 0. The van der Waals surface area contributed by atoms with Gasteiger partial charge in [-0.15, -0.1) is 0 Å². The molecule has 0 aliphatic carbocycles. The molecule has 0 aliphatic heterocycles. The lowest BCUT2D eigenvalue weighted by Gasteiger charge is -2.11. The highest BCUT2D eigenvalue weighted by molar-refractivity contribution is 6.05. The molecule has 0 radical (unpaired) electrons. The first-order valence-corrected chi connectivity index (χ1v) is 11.3. The maximum Gasteiger partial charge on any atom is 0.255 e. The van der Waals surface area contributed by atoms with Gasteiger partial charge >= 0.3 is 0 Å². The van der Waals surface area contributed by atoms with Crippen LogP contribution < -0.4 is 10.1 Å². The van der Waals surface area contributed by atoms with Crippen molar-refractivity contribution in [3.05, 3.63) is 95.1 Å². The summed E-state index contributed by atoms with van der Waals surface area (Å²) in [4.78, 5) is 12.8. The van der Waals surface area contributed by atoms with Crippen LogP contribution in [0.5, 0.6) is 5.75 Å². The summed E-state index contributed by atoms with van der Waals surface area (Å²) in [6, 6.07) is 24.0. The Morgan fingerprint density at radius 1 is 0.774 bits per heavy atom. The zero-order valence-electron chi connectivity index (χ0n) is 18.7. The van der Waals surface area contributed by atoms with E-state index in [-0.39, 0.29) is 5.91 Å². The van der Waals surface area contributed by atoms with Crippen molar-refractivity contribution in [2.75, 3.05) is 11.9 Å². The monoisotopic (exact) mass is 415 g/mol. The Morgan fingerprint density at radius 2 is 1.48 bits per heavy atom. The molecule has 0 heterocycles. The van der Waals surface area contributed by atoms with Gasteiger partial charge in [-0.25, -0.2) is 0 Å². The Balaban J connectivity index is 1.39. The predicted molar refractivity (Wildman–Crippen MR) is 129 cm³/mol. The van der Waals surface area contributed by atoms with Gasteiger partial charge in [-0.05, 0) is 80.1 Å². The van der Waals surface area contributed by atoms with Gasteiger partial charge < -0.3 is 10.1 Å². The largest absolute Gasteiger partial charge is 0.494 e. The van der Waals surface area contributed by atoms with Gasteiger partial charge in [-0.3, -0.25) is 4.79 Å². The SMILES string of the molecule is Cc1ccc(NC(=O)c2ccccc2CCCCCCCOc2ccccc2)cc1C. The average Bonchev–Trinajstić information content (AvgIpc) is 2.79. The number of anilines is 1. The summed E-state index contributed by atoms with van der Waals surface area (Å²) < 4.78 is 5.74. The number of nitrogens with one attached hydrogen (secondary N) is 1. The fourth-order valence-electron chi connectivity index (χ4n) is 3.63. The second-order valence-electron chi connectivity index (χ2n) is 8.09. The number of hydrogen-bond acceptors (Lipinski definition) is 2. The van der Waals surface area contributed by atoms with E-state index in [1.807, 2.05) is 66.7 Å². The average molecular weight is 416 g/mol. The normalized spacial score (nSPS) is 10.6. The number of aryl methyl sites for hydroxylation is 3. The Kier molecular flexibility index (Phi) is 8.71. The van der Waals surface area contributed by atoms with Gasteiger partial charge in [0.25, 0.3) is 5.91 Å². The van der Waals surface area contributed by atoms with Crippen LogP contribution in [0.25, 0.3) is 0 Å². The van der Waals surface area contributed by atoms with E-state index in [1.54, 1.807) is 0 Å². The van der Waals surface area contributed by atoms with Crippen molar-refractivity contribution in [2.45, 2.75) is 52.4 Å². The van der Waals surface area contributed by atoms with E-state index in [0.29, 0.717) is 0 Å². The number of rotatable bonds is 11. The van der Waals surface area contributed by atoms with Crippen molar-refractivity contribution in [2.24, 2.45) is 0 Å². The Labute approximate surface area is 186 Å². The lowest BCUT2D eigenvalue weighted by atomic mass is 10.00. The van der Waals surface area contributed by atoms with E-state index < -0.39 is 0 Å². The molecule has 0 saturated carbocycles. The van der Waals surface area contributed by atoms with E-state index in [1.165, 1.54) is 30.4 Å². The standard InChI is InChI=1S/C28H33NO2/c1-22-18-19-25(21-23(22)2)29-28(30)27-17-11-10-14-24(27)13-7-4-3-5-12-20-31-26-15-8-6-9-16-26/h6,8-11,14-19,21H,3-5,7,12-13,20H2,1-2H3,(H,29,30). The number of carbonyl (C=O) groups excluding carboxylic acids is 1. The van der Waals surface area contributed by atoms with Crippen LogP contribution in [0.1, 0.15) is 59.2 Å². The third kappa shape index (κ3) is 7.29. The van der Waals surface area contributed by atoms with Crippen molar-refractivity contribution in [1.82, 2.24) is 0 Å². The molecule has 1 N–H and O–H groups in total. The number of amides is 1. The highest BCUT2D eigenvalue weighted by Crippen LogP contribution is 2.18. The molecule has 1 amide bonds. The van der Waals surface area contributed by atoms with Gasteiger partial charge in [0, 0.05) is 11.3 Å². The van der Waals surface area contributed by atoms with Gasteiger partial charge in [-0.2, -0.15) is 0 Å². The number of carbonyl (C=O) groups is 1. The Morgan fingerprint density at radius 3 is 2.29 bits per heavy atom. The van der Waals surface area contributed by atoms with E-state index in [4.69, 9.17) is 4.74 Å². The zero-order valence-corrected chi connectivity index (χ0v) is 18.7. The van der Waals surface area contributed by atoms with Crippen molar-refractivity contribution in [3.63, 3.8) is 0 Å². The van der Waals surface area contributed by atoms with Crippen molar-refractivity contribution >= 4 is 11.6 Å². The van der Waals surface area contributed by atoms with Crippen LogP contribution in [0.15, 0.2) is 72.8 Å². The minimum Gasteiger partial charge on any atom is -0.494 e. The van der Waals surface area contributed by atoms with E-state index in [9.17, 15) is 4.79 Å². The van der Waals surface area contributed by atoms with Crippen LogP contribution in [-0.4, -0.2) is 12.5 Å². The number of benzene rings is 3. The molecule has 3 aromatic rings. The first-order valence-electron chi connectivity index (χ1n) is 11.3. The molecule has 3 nitrogen and oxygen atoms in total. The lowest BCUT2D eigenvalue weighted by molar-refractivity contribution is 0.102. The molecule has 3 rings (SSSR count). The van der Waals surface area contributed by atoms with Crippen molar-refractivity contribution in [3.8, 4) is 5.75 Å². The first kappa shape index (κ1) is 22.6. The maximum atomic E-state index is 12.8. The van der Waals surface area contributed by atoms with Crippen LogP contribution in [0.4, 0.5) is 5.69 Å². The fraction of sp³-hybridized carbons (Fsp3) is 0.321. The van der Waals surface area contributed by atoms with Crippen LogP contribution >= 0.6 is 0 Å². The molecular formula is C28H33NO2. The van der Waals surface area contributed by atoms with E-state index in [2.05, 4.69) is 25.2 Å². The number of ether oxygens (including phenoxy) is 1. The summed E-state index contributed by atoms with van der Waals surface area (Å²) in [6.07, 6.45) is 6.61. The molecule has 3 aromatic carbocycles. The second kappa shape index (κ2) is 11.9.